The summed E-state index contributed by atoms with van der Waals surface area (Å²) in [5.74, 6) is 0.773. The summed E-state index contributed by atoms with van der Waals surface area (Å²) in [4.78, 5) is 0.838. The molecule has 0 spiro atoms. The van der Waals surface area contributed by atoms with E-state index in [1.54, 1.807) is 6.26 Å². The Hall–Kier alpha value is -1.16. The van der Waals surface area contributed by atoms with E-state index in [4.69, 9.17) is 4.42 Å². The summed E-state index contributed by atoms with van der Waals surface area (Å²) >= 11 is 1.27. The Morgan fingerprint density at radius 3 is 3.20 bits per heavy atom. The van der Waals surface area contributed by atoms with E-state index in [1.807, 2.05) is 12.1 Å². The number of aromatic nitrogens is 2. The lowest BCUT2D eigenvalue weighted by Gasteiger charge is -1.81. The van der Waals surface area contributed by atoms with Crippen LogP contribution in [0, 0.1) is 6.20 Å². The second kappa shape index (κ2) is 2.22. The lowest BCUT2D eigenvalue weighted by atomic mass is 10.4. The van der Waals surface area contributed by atoms with Gasteiger partial charge in [0, 0.05) is 0 Å². The maximum Gasteiger partial charge on any atom is 0.147 e. The van der Waals surface area contributed by atoms with Crippen LogP contribution in [0.25, 0.3) is 10.6 Å². The van der Waals surface area contributed by atoms with Crippen LogP contribution in [0.1, 0.15) is 0 Å². The lowest BCUT2D eigenvalue weighted by Crippen LogP contribution is -1.61. The van der Waals surface area contributed by atoms with E-state index in [0.29, 0.717) is 0 Å². The third-order valence-corrected chi connectivity index (χ3v) is 1.71. The minimum absolute atomic E-state index is 0.773. The van der Waals surface area contributed by atoms with Crippen molar-refractivity contribution in [3.8, 4) is 10.6 Å². The molecule has 0 unspecified atom stereocenters. The first kappa shape index (κ1) is 5.61. The maximum absolute atomic E-state index is 5.08. The average Bonchev–Trinajstić information content (AvgIpc) is 2.59. The van der Waals surface area contributed by atoms with Gasteiger partial charge in [0.2, 0.25) is 0 Å². The molecule has 0 saturated heterocycles. The van der Waals surface area contributed by atoms with Gasteiger partial charge in [0.15, 0.2) is 0 Å². The molecule has 4 heteroatoms. The SMILES string of the molecule is [c]1nnsc1-c1ccco1. The summed E-state index contributed by atoms with van der Waals surface area (Å²) in [5, 5.41) is 3.56. The molecule has 2 aromatic rings. The van der Waals surface area contributed by atoms with E-state index in [1.165, 1.54) is 11.5 Å². The van der Waals surface area contributed by atoms with Crippen LogP contribution < -0.4 is 0 Å². The third-order valence-electron chi connectivity index (χ3n) is 1.07. The van der Waals surface area contributed by atoms with Gasteiger partial charge < -0.3 is 4.42 Å². The molecule has 1 radical (unpaired) electrons. The van der Waals surface area contributed by atoms with Crippen molar-refractivity contribution in [1.82, 2.24) is 9.59 Å². The molecule has 0 saturated carbocycles. The fourth-order valence-corrected chi connectivity index (χ4v) is 1.11. The largest absolute Gasteiger partial charge is 0.463 e. The minimum atomic E-state index is 0.773. The maximum atomic E-state index is 5.08. The fraction of sp³-hybridized carbons (Fsp3) is 0. The van der Waals surface area contributed by atoms with Gasteiger partial charge in [-0.1, -0.05) is 4.49 Å². The second-order valence-corrected chi connectivity index (χ2v) is 2.45. The zero-order valence-corrected chi connectivity index (χ0v) is 5.76. The average molecular weight is 151 g/mol. The molecule has 2 aromatic heterocycles. The number of rotatable bonds is 1. The topological polar surface area (TPSA) is 38.9 Å². The van der Waals surface area contributed by atoms with Gasteiger partial charge in [0.25, 0.3) is 0 Å². The molecule has 0 N–H and O–H groups in total. The van der Waals surface area contributed by atoms with Gasteiger partial charge in [-0.3, -0.25) is 0 Å². The Bertz CT molecular complexity index is 255. The number of hydrogen-bond acceptors (Lipinski definition) is 4. The smallest absolute Gasteiger partial charge is 0.147 e. The van der Waals surface area contributed by atoms with Gasteiger partial charge in [-0.15, -0.1) is 5.10 Å². The van der Waals surface area contributed by atoms with E-state index < -0.39 is 0 Å². The van der Waals surface area contributed by atoms with Crippen molar-refractivity contribution in [2.75, 3.05) is 0 Å². The Balaban J connectivity index is 2.48. The summed E-state index contributed by atoms with van der Waals surface area (Å²) in [5.41, 5.74) is 0. The second-order valence-electron chi connectivity index (χ2n) is 1.69. The summed E-state index contributed by atoms with van der Waals surface area (Å²) < 4.78 is 8.73. The van der Waals surface area contributed by atoms with E-state index in [2.05, 4.69) is 15.8 Å². The number of hydrogen-bond donors (Lipinski definition) is 0. The van der Waals surface area contributed by atoms with Crippen LogP contribution in [0.3, 0.4) is 0 Å². The zero-order chi connectivity index (χ0) is 6.81. The van der Waals surface area contributed by atoms with Gasteiger partial charge >= 0.3 is 0 Å². The first-order valence-electron chi connectivity index (χ1n) is 2.71. The predicted molar refractivity (Wildman–Crippen MR) is 36.4 cm³/mol. The van der Waals surface area contributed by atoms with Crippen LogP contribution in [-0.2, 0) is 0 Å². The zero-order valence-electron chi connectivity index (χ0n) is 4.94. The molecule has 2 rings (SSSR count). The van der Waals surface area contributed by atoms with Gasteiger partial charge in [-0.05, 0) is 23.7 Å². The van der Waals surface area contributed by atoms with Crippen molar-refractivity contribution in [3.63, 3.8) is 0 Å². The van der Waals surface area contributed by atoms with Crippen LogP contribution in [0.15, 0.2) is 22.8 Å². The highest BCUT2D eigenvalue weighted by Gasteiger charge is 2.01. The standard InChI is InChI=1S/C6H3N2OS/c1-2-5(9-3-1)6-4-7-8-10-6/h1-3H. The molecule has 0 aliphatic heterocycles. The van der Waals surface area contributed by atoms with Crippen molar-refractivity contribution in [2.45, 2.75) is 0 Å². The molecule has 0 atom stereocenters. The van der Waals surface area contributed by atoms with Crippen LogP contribution in [0.2, 0.25) is 0 Å². The number of furan rings is 1. The molecule has 10 heavy (non-hydrogen) atoms. The van der Waals surface area contributed by atoms with Crippen molar-refractivity contribution in [1.29, 1.82) is 0 Å². The van der Waals surface area contributed by atoms with Crippen LogP contribution >= 0.6 is 11.5 Å². The van der Waals surface area contributed by atoms with E-state index in [-0.39, 0.29) is 0 Å². The lowest BCUT2D eigenvalue weighted by molar-refractivity contribution is 0.583. The van der Waals surface area contributed by atoms with Crippen LogP contribution in [0.5, 0.6) is 0 Å². The molecular formula is C6H3N2OS. The molecule has 0 bridgehead atoms. The quantitative estimate of drug-likeness (QED) is 0.621. The van der Waals surface area contributed by atoms with Crippen molar-refractivity contribution in [3.05, 3.63) is 24.6 Å². The predicted octanol–water partition coefficient (Wildman–Crippen LogP) is 1.60. The summed E-state index contributed by atoms with van der Waals surface area (Å²) in [7, 11) is 0. The van der Waals surface area contributed by atoms with Gasteiger partial charge in [0.05, 0.1) is 6.26 Å². The Morgan fingerprint density at radius 2 is 2.60 bits per heavy atom. The highest BCUT2D eigenvalue weighted by molar-refractivity contribution is 7.09. The third kappa shape index (κ3) is 0.823. The van der Waals surface area contributed by atoms with Crippen molar-refractivity contribution in [2.24, 2.45) is 0 Å². The highest BCUT2D eigenvalue weighted by atomic mass is 32.1. The Kier molecular flexibility index (Phi) is 1.25. The summed E-state index contributed by atoms with van der Waals surface area (Å²) in [6.07, 6.45) is 4.32. The summed E-state index contributed by atoms with van der Waals surface area (Å²) in [6.45, 7) is 0. The molecule has 0 fully saturated rings. The first-order chi connectivity index (χ1) is 4.97. The molecular weight excluding hydrogens is 148 g/mol. The summed E-state index contributed by atoms with van der Waals surface area (Å²) in [6, 6.07) is 3.68. The van der Waals surface area contributed by atoms with Gasteiger partial charge in [0.1, 0.15) is 16.8 Å². The van der Waals surface area contributed by atoms with Crippen molar-refractivity contribution < 1.29 is 4.42 Å². The van der Waals surface area contributed by atoms with Crippen LogP contribution in [0.4, 0.5) is 0 Å². The van der Waals surface area contributed by atoms with Crippen LogP contribution in [-0.4, -0.2) is 9.59 Å². The molecule has 0 amide bonds. The normalized spacial score (nSPS) is 10.0. The molecule has 49 valence electrons. The van der Waals surface area contributed by atoms with Gasteiger partial charge in [-0.25, -0.2) is 0 Å². The molecule has 3 nitrogen and oxygen atoms in total. The monoisotopic (exact) mass is 151 g/mol. The van der Waals surface area contributed by atoms with Crippen molar-refractivity contribution >= 4 is 11.5 Å². The molecule has 0 aliphatic carbocycles. The van der Waals surface area contributed by atoms with E-state index in [0.717, 1.165) is 10.6 Å². The Morgan fingerprint density at radius 1 is 1.60 bits per heavy atom. The molecule has 0 aromatic carbocycles. The molecule has 2 heterocycles. The highest BCUT2D eigenvalue weighted by Crippen LogP contribution is 2.20. The van der Waals surface area contributed by atoms with E-state index in [9.17, 15) is 0 Å². The Labute approximate surface area is 61.5 Å². The fourth-order valence-electron chi connectivity index (χ4n) is 0.655. The van der Waals surface area contributed by atoms with E-state index >= 15 is 0 Å². The first-order valence-corrected chi connectivity index (χ1v) is 3.48. The minimum Gasteiger partial charge on any atom is -0.463 e. The molecule has 0 aliphatic rings. The van der Waals surface area contributed by atoms with Gasteiger partial charge in [-0.2, -0.15) is 0 Å². The number of nitrogens with zero attached hydrogens (tertiary/aromatic N) is 2.